The highest BCUT2D eigenvalue weighted by Gasteiger charge is 2.38. The predicted octanol–water partition coefficient (Wildman–Crippen LogP) is -0.0950. The molecule has 0 spiro atoms. The minimum atomic E-state index is 0.0860. The summed E-state index contributed by atoms with van der Waals surface area (Å²) < 4.78 is 10.6. The largest absolute Gasteiger partial charge is 0.502 e. The van der Waals surface area contributed by atoms with Crippen molar-refractivity contribution in [1.29, 1.82) is 0 Å². The molecule has 0 aromatic heterocycles. The van der Waals surface area contributed by atoms with E-state index in [2.05, 4.69) is 12.2 Å². The van der Waals surface area contributed by atoms with Gasteiger partial charge in [0.25, 0.3) is 0 Å². The molecule has 1 aliphatic heterocycles. The molecule has 0 radical (unpaired) electrons. The van der Waals surface area contributed by atoms with Crippen molar-refractivity contribution < 1.29 is 24.4 Å². The van der Waals surface area contributed by atoms with Crippen LogP contribution in [0.3, 0.4) is 0 Å². The summed E-state index contributed by atoms with van der Waals surface area (Å²) in [5, 5.41) is 10.1. The van der Waals surface area contributed by atoms with E-state index in [0.717, 1.165) is 29.9 Å². The second-order valence-electron chi connectivity index (χ2n) is 8.27. The van der Waals surface area contributed by atoms with Gasteiger partial charge in [-0.3, -0.25) is 0 Å². The van der Waals surface area contributed by atoms with E-state index < -0.39 is 0 Å². The van der Waals surface area contributed by atoms with Crippen molar-refractivity contribution in [1.82, 2.24) is 0 Å². The maximum absolute atomic E-state index is 10.1. The summed E-state index contributed by atoms with van der Waals surface area (Å²) in [6.45, 7) is 7.25. The molecule has 1 aromatic rings. The lowest BCUT2D eigenvalue weighted by Gasteiger charge is -2.32. The molecule has 2 bridgehead atoms. The van der Waals surface area contributed by atoms with Crippen LogP contribution in [0.15, 0.2) is 24.3 Å². The number of phenolic OH excluding ortho intramolecular Hbond substituents is 1. The minimum absolute atomic E-state index is 0.0860. The molecule has 0 amide bonds. The Morgan fingerprint density at radius 1 is 0.962 bits per heavy atom. The fourth-order valence-electron chi connectivity index (χ4n) is 5.18. The number of fused-ring (bicyclic) bond motifs is 2. The first-order valence-corrected chi connectivity index (χ1v) is 9.95. The van der Waals surface area contributed by atoms with Gasteiger partial charge in [0.15, 0.2) is 11.5 Å². The minimum Gasteiger partial charge on any atom is -0.502 e. The van der Waals surface area contributed by atoms with E-state index >= 15 is 0 Å². The van der Waals surface area contributed by atoms with Crippen LogP contribution in [-0.4, -0.2) is 52.0 Å². The number of hydrogen-bond acceptors (Lipinski definition) is 3. The molecule has 142 valence electrons. The van der Waals surface area contributed by atoms with Gasteiger partial charge in [-0.1, -0.05) is 12.2 Å². The zero-order chi connectivity index (χ0) is 18.1. The lowest BCUT2D eigenvalue weighted by Crippen LogP contribution is -3.27. The summed E-state index contributed by atoms with van der Waals surface area (Å²) in [6, 6.07) is 3.87. The Labute approximate surface area is 156 Å². The molecule has 4 rings (SSSR count). The lowest BCUT2D eigenvalue weighted by atomic mass is 9.93. The number of methoxy groups -OCH3 is 2. The quantitative estimate of drug-likeness (QED) is 0.621. The van der Waals surface area contributed by atoms with Crippen molar-refractivity contribution in [3.8, 4) is 17.2 Å². The Hall–Kier alpha value is -1.72. The maximum Gasteiger partial charge on any atom is 0.200 e. The predicted molar refractivity (Wildman–Crippen MR) is 100 cm³/mol. The average molecular weight is 360 g/mol. The van der Waals surface area contributed by atoms with E-state index in [4.69, 9.17) is 9.47 Å². The van der Waals surface area contributed by atoms with Crippen molar-refractivity contribution in [2.75, 3.05) is 46.9 Å². The summed E-state index contributed by atoms with van der Waals surface area (Å²) in [5.74, 6) is 3.75. The zero-order valence-corrected chi connectivity index (χ0v) is 16.0. The molecule has 2 fully saturated rings. The van der Waals surface area contributed by atoms with Crippen LogP contribution in [0, 0.1) is 17.8 Å². The average Bonchev–Trinajstić information content (AvgIpc) is 3.27. The van der Waals surface area contributed by atoms with E-state index in [-0.39, 0.29) is 5.75 Å². The number of phenols is 1. The first-order chi connectivity index (χ1) is 12.7. The Kier molecular flexibility index (Phi) is 5.09. The molecule has 5 heteroatoms. The number of allylic oxidation sites excluding steroid dienone is 2. The highest BCUT2D eigenvalue weighted by molar-refractivity contribution is 5.52. The van der Waals surface area contributed by atoms with Crippen LogP contribution in [0.1, 0.15) is 18.4 Å². The summed E-state index contributed by atoms with van der Waals surface area (Å²) >= 11 is 0. The second-order valence-corrected chi connectivity index (χ2v) is 8.27. The van der Waals surface area contributed by atoms with Gasteiger partial charge in [-0.05, 0) is 36.8 Å². The molecular weight excluding hydrogens is 328 g/mol. The molecule has 2 aliphatic carbocycles. The Balaban J connectivity index is 1.30. The number of piperazine rings is 1. The number of quaternary nitrogens is 2. The molecule has 1 saturated carbocycles. The molecule has 3 N–H and O–H groups in total. The summed E-state index contributed by atoms with van der Waals surface area (Å²) in [5.41, 5.74) is 1.16. The third-order valence-corrected chi connectivity index (χ3v) is 6.63. The van der Waals surface area contributed by atoms with E-state index in [1.807, 2.05) is 12.1 Å². The van der Waals surface area contributed by atoms with Crippen molar-refractivity contribution in [2.45, 2.75) is 19.4 Å². The second kappa shape index (κ2) is 7.49. The van der Waals surface area contributed by atoms with Gasteiger partial charge in [0.2, 0.25) is 5.75 Å². The maximum atomic E-state index is 10.1. The van der Waals surface area contributed by atoms with Crippen LogP contribution >= 0.6 is 0 Å². The third-order valence-electron chi connectivity index (χ3n) is 6.63. The SMILES string of the molecule is COc1cc(C[NH+]2CC[NH+](C[C@H]3C[C@H]4C=C[C@H]3C4)CC2)cc(OC)c1O. The Morgan fingerprint density at radius 2 is 1.62 bits per heavy atom. The highest BCUT2D eigenvalue weighted by Crippen LogP contribution is 2.42. The molecule has 0 unspecified atom stereocenters. The number of hydrogen-bond donors (Lipinski definition) is 3. The fraction of sp³-hybridized carbons (Fsp3) is 0.619. The molecule has 26 heavy (non-hydrogen) atoms. The summed E-state index contributed by atoms with van der Waals surface area (Å²) in [6.07, 6.45) is 7.76. The fourth-order valence-corrected chi connectivity index (χ4v) is 5.18. The molecule has 5 nitrogen and oxygen atoms in total. The van der Waals surface area contributed by atoms with Crippen molar-refractivity contribution >= 4 is 0 Å². The Bertz CT molecular complexity index is 642. The van der Waals surface area contributed by atoms with E-state index in [1.165, 1.54) is 45.6 Å². The van der Waals surface area contributed by atoms with Crippen LogP contribution in [0.2, 0.25) is 0 Å². The van der Waals surface area contributed by atoms with E-state index in [0.29, 0.717) is 11.5 Å². The van der Waals surface area contributed by atoms with Gasteiger partial charge in [0.1, 0.15) is 32.7 Å². The molecule has 1 heterocycles. The normalized spacial score (nSPS) is 32.8. The molecular formula is C21H32N2O3+2. The topological polar surface area (TPSA) is 47.6 Å². The first-order valence-electron chi connectivity index (χ1n) is 9.95. The van der Waals surface area contributed by atoms with Gasteiger partial charge in [-0.25, -0.2) is 0 Å². The first kappa shape index (κ1) is 17.7. The van der Waals surface area contributed by atoms with Gasteiger partial charge >= 0.3 is 0 Å². The molecule has 3 aliphatic rings. The monoisotopic (exact) mass is 360 g/mol. The van der Waals surface area contributed by atoms with E-state index in [9.17, 15) is 5.11 Å². The van der Waals surface area contributed by atoms with Crippen LogP contribution in [-0.2, 0) is 6.54 Å². The number of aromatic hydroxyl groups is 1. The van der Waals surface area contributed by atoms with Crippen LogP contribution in [0.4, 0.5) is 0 Å². The number of ether oxygens (including phenoxy) is 2. The summed E-state index contributed by atoms with van der Waals surface area (Å²) in [7, 11) is 3.16. The van der Waals surface area contributed by atoms with Gasteiger partial charge in [-0.2, -0.15) is 0 Å². The lowest BCUT2D eigenvalue weighted by molar-refractivity contribution is -1.02. The number of benzene rings is 1. The van der Waals surface area contributed by atoms with Crippen molar-refractivity contribution in [2.24, 2.45) is 17.8 Å². The van der Waals surface area contributed by atoms with Gasteiger partial charge in [0, 0.05) is 11.5 Å². The van der Waals surface area contributed by atoms with Crippen LogP contribution in [0.5, 0.6) is 17.2 Å². The number of nitrogens with one attached hydrogen (secondary N) is 2. The molecule has 1 saturated heterocycles. The zero-order valence-electron chi connectivity index (χ0n) is 16.0. The molecule has 3 atom stereocenters. The van der Waals surface area contributed by atoms with Crippen LogP contribution in [0.25, 0.3) is 0 Å². The highest BCUT2D eigenvalue weighted by atomic mass is 16.5. The Morgan fingerprint density at radius 3 is 2.15 bits per heavy atom. The number of rotatable bonds is 6. The van der Waals surface area contributed by atoms with Crippen molar-refractivity contribution in [3.05, 3.63) is 29.8 Å². The van der Waals surface area contributed by atoms with Crippen LogP contribution < -0.4 is 19.3 Å². The van der Waals surface area contributed by atoms with E-state index in [1.54, 1.807) is 24.0 Å². The molecule has 1 aromatic carbocycles. The van der Waals surface area contributed by atoms with Gasteiger partial charge in [-0.15, -0.1) is 0 Å². The standard InChI is InChI=1S/C21H30N2O3/c1-25-19-11-16(12-20(26-2)21(19)24)13-22-5-7-23(8-6-22)14-18-10-15-3-4-17(18)9-15/h3-4,11-12,15,17-18,24H,5-10,13-14H2,1-2H3/p+2/t15-,17-,18+/m0/s1. The smallest absolute Gasteiger partial charge is 0.200 e. The van der Waals surface area contributed by atoms with Gasteiger partial charge < -0.3 is 24.4 Å². The summed E-state index contributed by atoms with van der Waals surface area (Å²) in [4.78, 5) is 3.40. The third kappa shape index (κ3) is 3.55. The van der Waals surface area contributed by atoms with Gasteiger partial charge in [0.05, 0.1) is 20.8 Å². The van der Waals surface area contributed by atoms with Crippen molar-refractivity contribution in [3.63, 3.8) is 0 Å².